The predicted octanol–water partition coefficient (Wildman–Crippen LogP) is 3.57. The van der Waals surface area contributed by atoms with E-state index >= 15 is 0 Å². The Morgan fingerprint density at radius 2 is 1.69 bits per heavy atom. The van der Waals surface area contributed by atoms with E-state index in [1.54, 1.807) is 29.2 Å². The predicted molar refractivity (Wildman–Crippen MR) is 121 cm³/mol. The molecule has 2 aromatic rings. The molecule has 2 aliphatic rings. The third-order valence-corrected chi connectivity index (χ3v) is 5.97. The van der Waals surface area contributed by atoms with E-state index in [0.717, 1.165) is 25.9 Å². The standard InChI is InChI=1S/C22H23ClN4O5/c23-17-5-3-16(22(29)26-9-11-32-12-10-26)13-18(17)24-21(28)15-4-6-19(20(14-15)27(30)31)25-7-1-2-8-25/h3-6,13-14H,1-2,7-12H2,(H,24,28). The Morgan fingerprint density at radius 1 is 1.00 bits per heavy atom. The SMILES string of the molecule is O=C(Nc1cc(C(=O)N2CCOCC2)ccc1Cl)c1ccc(N2CCCC2)c([N+](=O)[O-])c1. The van der Waals surface area contributed by atoms with Crippen LogP contribution in [-0.4, -0.2) is 61.0 Å². The monoisotopic (exact) mass is 458 g/mol. The summed E-state index contributed by atoms with van der Waals surface area (Å²) >= 11 is 6.24. The summed E-state index contributed by atoms with van der Waals surface area (Å²) in [6, 6.07) is 9.12. The van der Waals surface area contributed by atoms with Gasteiger partial charge in [0.05, 0.1) is 28.8 Å². The van der Waals surface area contributed by atoms with E-state index in [2.05, 4.69) is 5.32 Å². The minimum atomic E-state index is -0.543. The smallest absolute Gasteiger partial charge is 0.293 e. The van der Waals surface area contributed by atoms with Gasteiger partial charge < -0.3 is 19.9 Å². The first-order valence-corrected chi connectivity index (χ1v) is 10.8. The highest BCUT2D eigenvalue weighted by Gasteiger charge is 2.24. The van der Waals surface area contributed by atoms with Crippen molar-refractivity contribution in [1.29, 1.82) is 0 Å². The molecule has 1 N–H and O–H groups in total. The number of nitro benzene ring substituents is 1. The van der Waals surface area contributed by atoms with Crippen LogP contribution in [0.2, 0.25) is 5.02 Å². The zero-order valence-electron chi connectivity index (χ0n) is 17.4. The van der Waals surface area contributed by atoms with Gasteiger partial charge in [-0.2, -0.15) is 0 Å². The topological polar surface area (TPSA) is 105 Å². The Kier molecular flexibility index (Phi) is 6.57. The Balaban J connectivity index is 1.55. The number of nitro groups is 1. The summed E-state index contributed by atoms with van der Waals surface area (Å²) in [5, 5.41) is 14.6. The van der Waals surface area contributed by atoms with Gasteiger partial charge in [-0.05, 0) is 43.2 Å². The van der Waals surface area contributed by atoms with Crippen molar-refractivity contribution in [3.05, 3.63) is 62.7 Å². The molecule has 9 nitrogen and oxygen atoms in total. The number of rotatable bonds is 5. The molecule has 4 rings (SSSR count). The normalized spacial score (nSPS) is 16.2. The minimum Gasteiger partial charge on any atom is -0.378 e. The van der Waals surface area contributed by atoms with Gasteiger partial charge in [-0.25, -0.2) is 0 Å². The van der Waals surface area contributed by atoms with Crippen LogP contribution in [0.3, 0.4) is 0 Å². The summed E-state index contributed by atoms with van der Waals surface area (Å²) in [5.74, 6) is -0.718. The maximum absolute atomic E-state index is 12.8. The average molecular weight is 459 g/mol. The fourth-order valence-corrected chi connectivity index (χ4v) is 4.10. The molecule has 2 aliphatic heterocycles. The van der Waals surface area contributed by atoms with Crippen LogP contribution in [0.1, 0.15) is 33.6 Å². The van der Waals surface area contributed by atoms with E-state index in [1.807, 2.05) is 4.90 Å². The first-order chi connectivity index (χ1) is 15.4. The molecule has 0 saturated carbocycles. The number of morpholine rings is 1. The van der Waals surface area contributed by atoms with Crippen LogP contribution in [0, 0.1) is 10.1 Å². The van der Waals surface area contributed by atoms with Crippen molar-refractivity contribution in [1.82, 2.24) is 4.90 Å². The molecular formula is C22H23ClN4O5. The second kappa shape index (κ2) is 9.54. The van der Waals surface area contributed by atoms with Gasteiger partial charge in [-0.3, -0.25) is 19.7 Å². The second-order valence-corrected chi connectivity index (χ2v) is 8.12. The molecule has 2 fully saturated rings. The van der Waals surface area contributed by atoms with Crippen molar-refractivity contribution in [2.45, 2.75) is 12.8 Å². The lowest BCUT2D eigenvalue weighted by Gasteiger charge is -2.27. The largest absolute Gasteiger partial charge is 0.378 e. The summed E-state index contributed by atoms with van der Waals surface area (Å²) < 4.78 is 5.27. The summed E-state index contributed by atoms with van der Waals surface area (Å²) in [6.07, 6.45) is 1.97. The highest BCUT2D eigenvalue weighted by Crippen LogP contribution is 2.32. The molecule has 0 aromatic heterocycles. The van der Waals surface area contributed by atoms with E-state index in [4.69, 9.17) is 16.3 Å². The van der Waals surface area contributed by atoms with Gasteiger partial charge in [-0.15, -0.1) is 0 Å². The van der Waals surface area contributed by atoms with Gasteiger partial charge in [0.25, 0.3) is 17.5 Å². The number of hydrogen-bond acceptors (Lipinski definition) is 6. The Bertz CT molecular complexity index is 1050. The third kappa shape index (κ3) is 4.68. The number of hydrogen-bond donors (Lipinski definition) is 1. The summed E-state index contributed by atoms with van der Waals surface area (Å²) in [5.41, 5.74) is 1.20. The zero-order valence-corrected chi connectivity index (χ0v) is 18.1. The van der Waals surface area contributed by atoms with E-state index < -0.39 is 10.8 Å². The van der Waals surface area contributed by atoms with E-state index in [1.165, 1.54) is 12.1 Å². The Hall–Kier alpha value is -3.17. The number of benzene rings is 2. The number of carbonyl (C=O) groups is 2. The number of nitrogens with one attached hydrogen (secondary N) is 1. The van der Waals surface area contributed by atoms with Gasteiger partial charge in [0.15, 0.2) is 0 Å². The lowest BCUT2D eigenvalue weighted by Crippen LogP contribution is -2.40. The highest BCUT2D eigenvalue weighted by molar-refractivity contribution is 6.34. The molecule has 32 heavy (non-hydrogen) atoms. The van der Waals surface area contributed by atoms with Crippen molar-refractivity contribution in [2.24, 2.45) is 0 Å². The number of nitrogens with zero attached hydrogens (tertiary/aromatic N) is 3. The summed E-state index contributed by atoms with van der Waals surface area (Å²) in [6.45, 7) is 3.47. The van der Waals surface area contributed by atoms with Gasteiger partial charge >= 0.3 is 0 Å². The van der Waals surface area contributed by atoms with Gasteiger partial charge in [0, 0.05) is 43.4 Å². The van der Waals surface area contributed by atoms with Crippen LogP contribution in [0.5, 0.6) is 0 Å². The van der Waals surface area contributed by atoms with Gasteiger partial charge in [0.2, 0.25) is 0 Å². The quantitative estimate of drug-likeness (QED) is 0.542. The molecule has 0 radical (unpaired) electrons. The fraction of sp³-hybridized carbons (Fsp3) is 0.364. The average Bonchev–Trinajstić information content (AvgIpc) is 3.35. The molecular weight excluding hydrogens is 436 g/mol. The van der Waals surface area contributed by atoms with Crippen molar-refractivity contribution in [2.75, 3.05) is 49.6 Å². The first kappa shape index (κ1) is 22.0. The fourth-order valence-electron chi connectivity index (χ4n) is 3.93. The second-order valence-electron chi connectivity index (χ2n) is 7.71. The number of halogens is 1. The molecule has 0 spiro atoms. The highest BCUT2D eigenvalue weighted by atomic mass is 35.5. The molecule has 2 saturated heterocycles. The molecule has 0 unspecified atom stereocenters. The van der Waals surface area contributed by atoms with Crippen LogP contribution in [0.4, 0.5) is 17.1 Å². The molecule has 0 aliphatic carbocycles. The first-order valence-electron chi connectivity index (χ1n) is 10.5. The molecule has 10 heteroatoms. The van der Waals surface area contributed by atoms with Crippen LogP contribution < -0.4 is 10.2 Å². The van der Waals surface area contributed by atoms with Crippen LogP contribution in [0.15, 0.2) is 36.4 Å². The summed E-state index contributed by atoms with van der Waals surface area (Å²) in [7, 11) is 0. The molecule has 0 bridgehead atoms. The number of carbonyl (C=O) groups excluding carboxylic acids is 2. The molecule has 168 valence electrons. The number of ether oxygens (including phenoxy) is 1. The van der Waals surface area contributed by atoms with E-state index in [9.17, 15) is 19.7 Å². The van der Waals surface area contributed by atoms with Crippen LogP contribution in [0.25, 0.3) is 0 Å². The molecule has 0 atom stereocenters. The van der Waals surface area contributed by atoms with Crippen molar-refractivity contribution < 1.29 is 19.2 Å². The van der Waals surface area contributed by atoms with E-state index in [-0.39, 0.29) is 27.9 Å². The number of anilines is 2. The molecule has 2 amide bonds. The van der Waals surface area contributed by atoms with Gasteiger partial charge in [-0.1, -0.05) is 11.6 Å². The molecule has 2 heterocycles. The van der Waals surface area contributed by atoms with Crippen LogP contribution >= 0.6 is 11.6 Å². The van der Waals surface area contributed by atoms with Crippen LogP contribution in [-0.2, 0) is 4.74 Å². The van der Waals surface area contributed by atoms with E-state index in [0.29, 0.717) is 37.6 Å². The lowest BCUT2D eigenvalue weighted by molar-refractivity contribution is -0.384. The minimum absolute atomic E-state index is 0.109. The van der Waals surface area contributed by atoms with Gasteiger partial charge in [0.1, 0.15) is 5.69 Å². The maximum Gasteiger partial charge on any atom is 0.293 e. The Labute approximate surface area is 190 Å². The summed E-state index contributed by atoms with van der Waals surface area (Å²) in [4.78, 5) is 40.3. The number of amides is 2. The van der Waals surface area contributed by atoms with Crippen molar-refractivity contribution in [3.63, 3.8) is 0 Å². The van der Waals surface area contributed by atoms with Crippen molar-refractivity contribution in [3.8, 4) is 0 Å². The molecule has 2 aromatic carbocycles. The maximum atomic E-state index is 12.8. The third-order valence-electron chi connectivity index (χ3n) is 5.64. The Morgan fingerprint density at radius 3 is 2.38 bits per heavy atom. The van der Waals surface area contributed by atoms with Crippen molar-refractivity contribution >= 4 is 40.5 Å². The zero-order chi connectivity index (χ0) is 22.7. The lowest BCUT2D eigenvalue weighted by atomic mass is 10.1.